The number of benzene rings is 2. The van der Waals surface area contributed by atoms with E-state index in [1.807, 2.05) is 29.2 Å². The number of nitrogens with zero attached hydrogens (tertiary/aromatic N) is 3. The second kappa shape index (κ2) is 10.2. The van der Waals surface area contributed by atoms with Crippen LogP contribution in [0.4, 0.5) is 26.2 Å². The summed E-state index contributed by atoms with van der Waals surface area (Å²) in [7, 11) is 0. The molecule has 2 aromatic carbocycles. The van der Waals surface area contributed by atoms with Gasteiger partial charge in [0.1, 0.15) is 29.6 Å². The third-order valence-electron chi connectivity index (χ3n) is 5.34. The van der Waals surface area contributed by atoms with Gasteiger partial charge in [0, 0.05) is 30.5 Å². The number of esters is 1. The van der Waals surface area contributed by atoms with Crippen molar-refractivity contribution in [3.8, 4) is 0 Å². The summed E-state index contributed by atoms with van der Waals surface area (Å²) < 4.78 is 33.1. The zero-order valence-electron chi connectivity index (χ0n) is 18.5. The molecule has 176 valence electrons. The Morgan fingerprint density at radius 1 is 1.12 bits per heavy atom. The standard InChI is InChI=1S/C24H23F2N5O3/c1-2-34-21(32)14-28-23(33)17-13-29-24(31-11-10-15-6-3-4-9-20(15)31)30-22(17)27-12-16-18(25)7-5-8-19(16)26/h3-9,13H,2,10-12,14H2,1H3,(H,28,33)(H,27,29,30). The molecule has 1 aromatic heterocycles. The molecule has 0 saturated heterocycles. The first-order chi connectivity index (χ1) is 16.5. The van der Waals surface area contributed by atoms with Gasteiger partial charge in [0.15, 0.2) is 0 Å². The topological polar surface area (TPSA) is 96.4 Å². The summed E-state index contributed by atoms with van der Waals surface area (Å²) in [5.41, 5.74) is 1.93. The van der Waals surface area contributed by atoms with Crippen LogP contribution in [0.25, 0.3) is 0 Å². The molecule has 1 amide bonds. The number of rotatable bonds is 8. The van der Waals surface area contributed by atoms with Gasteiger partial charge in [0.25, 0.3) is 5.91 Å². The lowest BCUT2D eigenvalue weighted by Crippen LogP contribution is -2.31. The van der Waals surface area contributed by atoms with Crippen LogP contribution in [-0.4, -0.2) is 41.5 Å². The van der Waals surface area contributed by atoms with Crippen molar-refractivity contribution in [3.63, 3.8) is 0 Å². The van der Waals surface area contributed by atoms with Gasteiger partial charge in [0.05, 0.1) is 6.61 Å². The van der Waals surface area contributed by atoms with E-state index in [4.69, 9.17) is 4.74 Å². The summed E-state index contributed by atoms with van der Waals surface area (Å²) in [6, 6.07) is 11.4. The smallest absolute Gasteiger partial charge is 0.325 e. The summed E-state index contributed by atoms with van der Waals surface area (Å²) in [5.74, 6) is -2.24. The maximum Gasteiger partial charge on any atom is 0.325 e. The van der Waals surface area contributed by atoms with Crippen molar-refractivity contribution in [2.75, 3.05) is 29.9 Å². The van der Waals surface area contributed by atoms with Crippen molar-refractivity contribution < 1.29 is 23.1 Å². The molecule has 34 heavy (non-hydrogen) atoms. The lowest BCUT2D eigenvalue weighted by atomic mass is 10.2. The molecule has 10 heteroatoms. The molecule has 1 aliphatic heterocycles. The summed E-state index contributed by atoms with van der Waals surface area (Å²) in [4.78, 5) is 35.1. The molecular weight excluding hydrogens is 444 g/mol. The molecular formula is C24H23F2N5O3. The zero-order chi connectivity index (χ0) is 24.1. The first kappa shape index (κ1) is 23.1. The number of halogens is 2. The fourth-order valence-corrected chi connectivity index (χ4v) is 3.68. The zero-order valence-corrected chi connectivity index (χ0v) is 18.5. The summed E-state index contributed by atoms with van der Waals surface area (Å²) >= 11 is 0. The number of carbonyl (C=O) groups is 2. The third kappa shape index (κ3) is 4.95. The number of amides is 1. The Morgan fingerprint density at radius 3 is 2.65 bits per heavy atom. The minimum absolute atomic E-state index is 0.0253. The third-order valence-corrected chi connectivity index (χ3v) is 5.34. The van der Waals surface area contributed by atoms with Gasteiger partial charge in [-0.2, -0.15) is 4.98 Å². The number of aromatic nitrogens is 2. The van der Waals surface area contributed by atoms with Gasteiger partial charge in [-0.05, 0) is 37.1 Å². The molecule has 0 radical (unpaired) electrons. The van der Waals surface area contributed by atoms with Gasteiger partial charge in [0.2, 0.25) is 5.95 Å². The number of carbonyl (C=O) groups excluding carboxylic acids is 2. The Morgan fingerprint density at radius 2 is 1.88 bits per heavy atom. The van der Waals surface area contributed by atoms with E-state index in [0.717, 1.165) is 29.8 Å². The van der Waals surface area contributed by atoms with Crippen LogP contribution < -0.4 is 15.5 Å². The lowest BCUT2D eigenvalue weighted by Gasteiger charge is -2.19. The van der Waals surface area contributed by atoms with Gasteiger partial charge < -0.3 is 20.3 Å². The minimum Gasteiger partial charge on any atom is -0.465 e. The van der Waals surface area contributed by atoms with Gasteiger partial charge in [-0.1, -0.05) is 24.3 Å². The number of fused-ring (bicyclic) bond motifs is 1. The Labute approximate surface area is 195 Å². The van der Waals surface area contributed by atoms with Crippen LogP contribution in [0.15, 0.2) is 48.7 Å². The number of ether oxygens (including phenoxy) is 1. The highest BCUT2D eigenvalue weighted by atomic mass is 19.1. The minimum atomic E-state index is -0.719. The SMILES string of the molecule is CCOC(=O)CNC(=O)c1cnc(N2CCc3ccccc32)nc1NCc1c(F)cccc1F. The number of nitrogens with one attached hydrogen (secondary N) is 2. The summed E-state index contributed by atoms with van der Waals surface area (Å²) in [6.45, 7) is 1.91. The summed E-state index contributed by atoms with van der Waals surface area (Å²) in [5, 5.41) is 5.31. The predicted molar refractivity (Wildman–Crippen MR) is 122 cm³/mol. The first-order valence-electron chi connectivity index (χ1n) is 10.8. The Kier molecular flexibility index (Phi) is 6.95. The quantitative estimate of drug-likeness (QED) is 0.491. The normalized spacial score (nSPS) is 12.3. The number of hydrogen-bond acceptors (Lipinski definition) is 7. The van der Waals surface area contributed by atoms with Crippen LogP contribution in [0.3, 0.4) is 0 Å². The van der Waals surface area contributed by atoms with E-state index in [9.17, 15) is 18.4 Å². The Hall–Kier alpha value is -4.08. The first-order valence-corrected chi connectivity index (χ1v) is 10.8. The number of hydrogen-bond donors (Lipinski definition) is 2. The monoisotopic (exact) mass is 467 g/mol. The largest absolute Gasteiger partial charge is 0.465 e. The van der Waals surface area contributed by atoms with Crippen molar-refractivity contribution in [1.82, 2.24) is 15.3 Å². The summed E-state index contributed by atoms with van der Waals surface area (Å²) in [6.07, 6.45) is 2.13. The van der Waals surface area contributed by atoms with Crippen LogP contribution in [-0.2, 0) is 22.5 Å². The molecule has 4 rings (SSSR count). The van der Waals surface area contributed by atoms with E-state index in [1.54, 1.807) is 6.92 Å². The van der Waals surface area contributed by atoms with E-state index in [0.29, 0.717) is 12.5 Å². The number of anilines is 3. The molecule has 0 atom stereocenters. The molecule has 0 unspecified atom stereocenters. The molecule has 2 heterocycles. The molecule has 8 nitrogen and oxygen atoms in total. The second-order valence-electron chi connectivity index (χ2n) is 7.50. The molecule has 0 fully saturated rings. The van der Waals surface area contributed by atoms with E-state index < -0.39 is 23.5 Å². The fraction of sp³-hybridized carbons (Fsp3) is 0.250. The van der Waals surface area contributed by atoms with E-state index in [2.05, 4.69) is 20.6 Å². The molecule has 0 saturated carbocycles. The van der Waals surface area contributed by atoms with Crippen molar-refractivity contribution in [1.29, 1.82) is 0 Å². The fourth-order valence-electron chi connectivity index (χ4n) is 3.68. The predicted octanol–water partition coefficient (Wildman–Crippen LogP) is 3.35. The second-order valence-corrected chi connectivity index (χ2v) is 7.50. The van der Waals surface area contributed by atoms with Crippen molar-refractivity contribution in [2.24, 2.45) is 0 Å². The Bertz CT molecular complexity index is 1200. The number of para-hydroxylation sites is 1. The van der Waals surface area contributed by atoms with Gasteiger partial charge in [-0.3, -0.25) is 9.59 Å². The molecule has 0 aliphatic carbocycles. The average molecular weight is 467 g/mol. The highest BCUT2D eigenvalue weighted by molar-refractivity contribution is 6.00. The van der Waals surface area contributed by atoms with Gasteiger partial charge in [-0.25, -0.2) is 13.8 Å². The van der Waals surface area contributed by atoms with Crippen molar-refractivity contribution >= 4 is 29.3 Å². The molecule has 2 N–H and O–H groups in total. The van der Waals surface area contributed by atoms with E-state index >= 15 is 0 Å². The molecule has 1 aliphatic rings. The lowest BCUT2D eigenvalue weighted by molar-refractivity contribution is -0.141. The van der Waals surface area contributed by atoms with Crippen molar-refractivity contribution in [3.05, 3.63) is 77.0 Å². The molecule has 0 bridgehead atoms. The highest BCUT2D eigenvalue weighted by Gasteiger charge is 2.24. The van der Waals surface area contributed by atoms with Crippen molar-refractivity contribution in [2.45, 2.75) is 19.9 Å². The van der Waals surface area contributed by atoms with Crippen LogP contribution in [0, 0.1) is 11.6 Å². The maximum absolute atomic E-state index is 14.1. The van der Waals surface area contributed by atoms with Gasteiger partial charge >= 0.3 is 5.97 Å². The molecule has 3 aromatic rings. The van der Waals surface area contributed by atoms with Crippen LogP contribution in [0.1, 0.15) is 28.4 Å². The van der Waals surface area contributed by atoms with Gasteiger partial charge in [-0.15, -0.1) is 0 Å². The Balaban J connectivity index is 1.62. The van der Waals surface area contributed by atoms with Crippen LogP contribution >= 0.6 is 0 Å². The van der Waals surface area contributed by atoms with E-state index in [-0.39, 0.29) is 36.6 Å². The average Bonchev–Trinajstić information content (AvgIpc) is 3.26. The molecule has 0 spiro atoms. The maximum atomic E-state index is 14.1. The van der Waals surface area contributed by atoms with Crippen LogP contribution in [0.5, 0.6) is 0 Å². The van der Waals surface area contributed by atoms with Crippen LogP contribution in [0.2, 0.25) is 0 Å². The highest BCUT2D eigenvalue weighted by Crippen LogP contribution is 2.33. The van der Waals surface area contributed by atoms with E-state index in [1.165, 1.54) is 12.3 Å².